The van der Waals surface area contributed by atoms with Crippen LogP contribution in [0.3, 0.4) is 0 Å². The first-order chi connectivity index (χ1) is 4.54. The quantitative estimate of drug-likeness (QED) is 0.603. The van der Waals surface area contributed by atoms with Crippen LogP contribution in [0.25, 0.3) is 0 Å². The van der Waals surface area contributed by atoms with Crippen molar-refractivity contribution in [3.8, 4) is 0 Å². The number of aliphatic carboxylic acids is 2. The Bertz CT molecular complexity index is 145. The molecule has 0 heterocycles. The van der Waals surface area contributed by atoms with Crippen LogP contribution in [0.1, 0.15) is 12.8 Å². The van der Waals surface area contributed by atoms with Gasteiger partial charge >= 0.3 is 11.9 Å². The highest BCUT2D eigenvalue weighted by molar-refractivity contribution is 5.73. The molecular formula is C5H7FO4. The van der Waals surface area contributed by atoms with Crippen molar-refractivity contribution in [2.45, 2.75) is 19.0 Å². The van der Waals surface area contributed by atoms with E-state index in [4.69, 9.17) is 10.2 Å². The number of carboxylic acid groups (broad SMARTS) is 2. The SMILES string of the molecule is O=C(O)CC[C@H](F)C(=O)O. The summed E-state index contributed by atoms with van der Waals surface area (Å²) >= 11 is 0. The topological polar surface area (TPSA) is 74.6 Å². The van der Waals surface area contributed by atoms with Crippen molar-refractivity contribution in [3.63, 3.8) is 0 Å². The molecule has 4 nitrogen and oxygen atoms in total. The normalized spacial score (nSPS) is 12.5. The summed E-state index contributed by atoms with van der Waals surface area (Å²) in [7, 11) is 0. The largest absolute Gasteiger partial charge is 0.481 e. The number of halogens is 1. The standard InChI is InChI=1S/C5H7FO4/c6-3(5(9)10)1-2-4(7)8/h3H,1-2H2,(H,7,8)(H,9,10)/t3-/m0/s1. The Morgan fingerprint density at radius 3 is 2.20 bits per heavy atom. The first-order valence-corrected chi connectivity index (χ1v) is 2.62. The van der Waals surface area contributed by atoms with Crippen LogP contribution in [0.15, 0.2) is 0 Å². The fraction of sp³-hybridized carbons (Fsp3) is 0.600. The Morgan fingerprint density at radius 2 is 1.90 bits per heavy atom. The van der Waals surface area contributed by atoms with Crippen LogP contribution >= 0.6 is 0 Å². The lowest BCUT2D eigenvalue weighted by atomic mass is 10.2. The second-order valence-corrected chi connectivity index (χ2v) is 1.74. The van der Waals surface area contributed by atoms with Crippen LogP contribution in [0.2, 0.25) is 0 Å². The van der Waals surface area contributed by atoms with Crippen LogP contribution in [0.4, 0.5) is 4.39 Å². The van der Waals surface area contributed by atoms with Gasteiger partial charge in [-0.25, -0.2) is 9.18 Å². The van der Waals surface area contributed by atoms with Crippen LogP contribution in [0.5, 0.6) is 0 Å². The minimum Gasteiger partial charge on any atom is -0.481 e. The Morgan fingerprint density at radius 1 is 1.40 bits per heavy atom. The molecule has 0 aliphatic rings. The first kappa shape index (κ1) is 8.87. The number of carboxylic acids is 2. The molecule has 0 fully saturated rings. The molecule has 0 bridgehead atoms. The van der Waals surface area contributed by atoms with Gasteiger partial charge in [-0.3, -0.25) is 4.79 Å². The third-order valence-electron chi connectivity index (χ3n) is 0.880. The van der Waals surface area contributed by atoms with Gasteiger partial charge in [0.2, 0.25) is 0 Å². The molecule has 0 saturated heterocycles. The fourth-order valence-corrected chi connectivity index (χ4v) is 0.374. The van der Waals surface area contributed by atoms with Gasteiger partial charge in [0.25, 0.3) is 0 Å². The zero-order chi connectivity index (χ0) is 8.15. The van der Waals surface area contributed by atoms with E-state index >= 15 is 0 Å². The number of hydrogen-bond donors (Lipinski definition) is 2. The van der Waals surface area contributed by atoms with Crippen molar-refractivity contribution in [2.75, 3.05) is 0 Å². The molecule has 0 aromatic rings. The van der Waals surface area contributed by atoms with Gasteiger partial charge in [-0.1, -0.05) is 0 Å². The number of hydrogen-bond acceptors (Lipinski definition) is 2. The van der Waals surface area contributed by atoms with Crippen molar-refractivity contribution in [1.82, 2.24) is 0 Å². The van der Waals surface area contributed by atoms with Gasteiger partial charge in [-0.05, 0) is 6.42 Å². The summed E-state index contributed by atoms with van der Waals surface area (Å²) in [4.78, 5) is 19.5. The van der Waals surface area contributed by atoms with E-state index in [1.807, 2.05) is 0 Å². The van der Waals surface area contributed by atoms with E-state index in [0.717, 1.165) is 0 Å². The van der Waals surface area contributed by atoms with Gasteiger partial charge in [0.15, 0.2) is 6.17 Å². The molecule has 1 atom stereocenters. The second-order valence-electron chi connectivity index (χ2n) is 1.74. The van der Waals surface area contributed by atoms with Crippen LogP contribution < -0.4 is 0 Å². The lowest BCUT2D eigenvalue weighted by Crippen LogP contribution is -2.15. The van der Waals surface area contributed by atoms with E-state index < -0.39 is 31.0 Å². The lowest BCUT2D eigenvalue weighted by molar-refractivity contribution is -0.143. The van der Waals surface area contributed by atoms with Gasteiger partial charge in [-0.2, -0.15) is 0 Å². The summed E-state index contributed by atoms with van der Waals surface area (Å²) in [6.45, 7) is 0. The van der Waals surface area contributed by atoms with E-state index in [2.05, 4.69) is 0 Å². The summed E-state index contributed by atoms with van der Waals surface area (Å²) in [6, 6.07) is 0. The molecule has 5 heteroatoms. The van der Waals surface area contributed by atoms with Crippen molar-refractivity contribution in [3.05, 3.63) is 0 Å². The van der Waals surface area contributed by atoms with Gasteiger partial charge in [0.1, 0.15) is 0 Å². The monoisotopic (exact) mass is 150 g/mol. The van der Waals surface area contributed by atoms with Gasteiger partial charge in [0, 0.05) is 6.42 Å². The molecule has 2 N–H and O–H groups in total. The molecule has 0 unspecified atom stereocenters. The van der Waals surface area contributed by atoms with E-state index in [0.29, 0.717) is 0 Å². The Kier molecular flexibility index (Phi) is 3.38. The van der Waals surface area contributed by atoms with Gasteiger partial charge in [-0.15, -0.1) is 0 Å². The Balaban J connectivity index is 3.49. The summed E-state index contributed by atoms with van der Waals surface area (Å²) in [5.74, 6) is -2.80. The van der Waals surface area contributed by atoms with Crippen molar-refractivity contribution < 1.29 is 24.2 Å². The van der Waals surface area contributed by atoms with Crippen molar-refractivity contribution >= 4 is 11.9 Å². The molecule has 0 aliphatic heterocycles. The van der Waals surface area contributed by atoms with Crippen LogP contribution in [-0.2, 0) is 9.59 Å². The van der Waals surface area contributed by atoms with E-state index in [-0.39, 0.29) is 0 Å². The fourth-order valence-electron chi connectivity index (χ4n) is 0.374. The molecule has 0 rings (SSSR count). The maximum atomic E-state index is 12.0. The van der Waals surface area contributed by atoms with Crippen LogP contribution in [-0.4, -0.2) is 28.3 Å². The lowest BCUT2D eigenvalue weighted by Gasteiger charge is -1.97. The maximum absolute atomic E-state index is 12.0. The predicted octanol–water partition coefficient (Wildman–Crippen LogP) is 0.274. The molecule has 0 amide bonds. The van der Waals surface area contributed by atoms with Gasteiger partial charge < -0.3 is 10.2 Å². The van der Waals surface area contributed by atoms with Gasteiger partial charge in [0.05, 0.1) is 0 Å². The van der Waals surface area contributed by atoms with E-state index in [9.17, 15) is 14.0 Å². The highest BCUT2D eigenvalue weighted by atomic mass is 19.1. The van der Waals surface area contributed by atoms with E-state index in [1.54, 1.807) is 0 Å². The van der Waals surface area contributed by atoms with E-state index in [1.165, 1.54) is 0 Å². The zero-order valence-electron chi connectivity index (χ0n) is 5.08. The summed E-state index contributed by atoms with van der Waals surface area (Å²) in [6.07, 6.45) is -2.98. The second kappa shape index (κ2) is 3.81. The molecule has 0 aliphatic carbocycles. The zero-order valence-corrected chi connectivity index (χ0v) is 5.08. The first-order valence-electron chi connectivity index (χ1n) is 2.62. The Hall–Kier alpha value is -1.13. The summed E-state index contributed by atoms with van der Waals surface area (Å²) < 4.78 is 12.0. The minimum absolute atomic E-state index is 0.451. The highest BCUT2D eigenvalue weighted by Gasteiger charge is 2.16. The summed E-state index contributed by atoms with van der Waals surface area (Å²) in [5.41, 5.74) is 0. The number of alkyl halides is 1. The van der Waals surface area contributed by atoms with Crippen molar-refractivity contribution in [2.24, 2.45) is 0 Å². The predicted molar refractivity (Wildman–Crippen MR) is 29.4 cm³/mol. The average Bonchev–Trinajstić information content (AvgIpc) is 1.82. The van der Waals surface area contributed by atoms with Crippen molar-refractivity contribution in [1.29, 1.82) is 0 Å². The molecule has 0 saturated carbocycles. The molecule has 58 valence electrons. The minimum atomic E-state index is -2.06. The third-order valence-corrected chi connectivity index (χ3v) is 0.880. The Labute approximate surface area is 56.3 Å². The maximum Gasteiger partial charge on any atom is 0.338 e. The molecule has 0 spiro atoms. The number of carbonyl (C=O) groups is 2. The highest BCUT2D eigenvalue weighted by Crippen LogP contribution is 2.01. The van der Waals surface area contributed by atoms with Crippen LogP contribution in [0, 0.1) is 0 Å². The molecule has 0 aromatic heterocycles. The molecule has 10 heavy (non-hydrogen) atoms. The molecule has 0 radical (unpaired) electrons. The molecular weight excluding hydrogens is 143 g/mol. The molecule has 0 aromatic carbocycles. The summed E-state index contributed by atoms with van der Waals surface area (Å²) in [5, 5.41) is 15.9. The number of rotatable bonds is 4. The average molecular weight is 150 g/mol. The third kappa shape index (κ3) is 3.82. The smallest absolute Gasteiger partial charge is 0.338 e.